The molecule has 8 nitrogen and oxygen atoms in total. The quantitative estimate of drug-likeness (QED) is 0.172. The van der Waals surface area contributed by atoms with E-state index in [1.165, 1.54) is 11.1 Å². The zero-order chi connectivity index (χ0) is 36.3. The van der Waals surface area contributed by atoms with Crippen LogP contribution < -0.4 is 4.90 Å². The molecule has 0 radical (unpaired) electrons. The van der Waals surface area contributed by atoms with Crippen molar-refractivity contribution >= 4 is 33.8 Å². The fourth-order valence-corrected chi connectivity index (χ4v) is 8.04. The predicted octanol–water partition coefficient (Wildman–Crippen LogP) is 10.2. The maximum Gasteiger partial charge on any atom is 0.164 e. The summed E-state index contributed by atoms with van der Waals surface area (Å²) in [6.07, 6.45) is 6.37. The molecular formula is C46H36N8. The van der Waals surface area contributed by atoms with Crippen LogP contribution in [-0.2, 0) is 6.42 Å². The van der Waals surface area contributed by atoms with Crippen LogP contribution in [0.3, 0.4) is 0 Å². The van der Waals surface area contributed by atoms with Crippen LogP contribution in [0.2, 0.25) is 0 Å². The summed E-state index contributed by atoms with van der Waals surface area (Å²) in [5, 5.41) is 0. The maximum atomic E-state index is 5.31. The Morgan fingerprint density at radius 2 is 0.981 bits per heavy atom. The molecule has 1 aliphatic heterocycles. The standard InChI is InChI=1S/C46H36N8/c1-29-13-4-7-19-38(29)52-41(28-32-16-10-22-47-42(32)52)33-25-34(43-50-36-17-11-23-48-45(36)53(43)39-20-8-5-14-30(39)2)27-35(26-33)44-51-37-18-12-24-49-46(37)54(44)40-21-9-6-15-31(40)3/h4-27,41H,28H2,1-3H3. The van der Waals surface area contributed by atoms with Gasteiger partial charge in [-0.05, 0) is 115 Å². The molecule has 8 heteroatoms. The van der Waals surface area contributed by atoms with E-state index < -0.39 is 0 Å². The summed E-state index contributed by atoms with van der Waals surface area (Å²) in [5.74, 6) is 2.61. The van der Waals surface area contributed by atoms with Gasteiger partial charge in [0.15, 0.2) is 11.3 Å². The minimum Gasteiger partial charge on any atom is -0.318 e. The highest BCUT2D eigenvalue weighted by molar-refractivity contribution is 5.85. The highest BCUT2D eigenvalue weighted by Gasteiger charge is 2.34. The number of anilines is 2. The van der Waals surface area contributed by atoms with Gasteiger partial charge in [0.2, 0.25) is 0 Å². The molecule has 0 saturated carbocycles. The molecule has 0 N–H and O–H groups in total. The van der Waals surface area contributed by atoms with Crippen LogP contribution in [0.1, 0.15) is 33.9 Å². The Hall–Kier alpha value is -6.93. The SMILES string of the molecule is Cc1ccccc1N1c2ncccc2CC1c1cc(-c2nc3cccnc3n2-c2ccccc2C)cc(-c2nc3cccnc3n2-c2ccccc2C)c1. The molecule has 5 aromatic heterocycles. The first kappa shape index (κ1) is 31.8. The van der Waals surface area contributed by atoms with Crippen LogP contribution in [-0.4, -0.2) is 34.1 Å². The lowest BCUT2D eigenvalue weighted by Gasteiger charge is -2.29. The third-order valence-corrected chi connectivity index (χ3v) is 10.6. The number of nitrogens with zero attached hydrogens (tertiary/aromatic N) is 8. The Kier molecular flexibility index (Phi) is 7.43. The number of rotatable bonds is 6. The number of benzene rings is 4. The molecule has 1 unspecified atom stereocenters. The van der Waals surface area contributed by atoms with Gasteiger partial charge in [0.05, 0.1) is 17.4 Å². The van der Waals surface area contributed by atoms with Crippen molar-refractivity contribution in [1.29, 1.82) is 0 Å². The number of aryl methyl sites for hydroxylation is 3. The minimum absolute atomic E-state index is 0.0430. The lowest BCUT2D eigenvalue weighted by Crippen LogP contribution is -2.21. The van der Waals surface area contributed by atoms with E-state index in [0.29, 0.717) is 0 Å². The monoisotopic (exact) mass is 700 g/mol. The Bertz CT molecular complexity index is 2740. The molecule has 1 atom stereocenters. The van der Waals surface area contributed by atoms with E-state index >= 15 is 0 Å². The van der Waals surface area contributed by atoms with Gasteiger partial charge in [-0.2, -0.15) is 0 Å². The van der Waals surface area contributed by atoms with Crippen LogP contribution >= 0.6 is 0 Å². The lowest BCUT2D eigenvalue weighted by molar-refractivity contribution is 0.738. The third-order valence-electron chi connectivity index (χ3n) is 10.6. The highest BCUT2D eigenvalue weighted by Crippen LogP contribution is 2.47. The number of para-hydroxylation sites is 3. The topological polar surface area (TPSA) is 77.6 Å². The van der Waals surface area contributed by atoms with Crippen molar-refractivity contribution in [2.24, 2.45) is 0 Å². The van der Waals surface area contributed by atoms with E-state index in [1.54, 1.807) is 0 Å². The largest absolute Gasteiger partial charge is 0.318 e. The van der Waals surface area contributed by atoms with Gasteiger partial charge in [0.1, 0.15) is 28.5 Å². The van der Waals surface area contributed by atoms with Gasteiger partial charge in [-0.25, -0.2) is 24.9 Å². The molecule has 9 aromatic rings. The van der Waals surface area contributed by atoms with Gasteiger partial charge in [-0.15, -0.1) is 0 Å². The van der Waals surface area contributed by atoms with Crippen molar-refractivity contribution in [1.82, 2.24) is 34.1 Å². The van der Waals surface area contributed by atoms with Crippen LogP contribution in [0.4, 0.5) is 11.5 Å². The van der Waals surface area contributed by atoms with E-state index in [9.17, 15) is 0 Å². The summed E-state index contributed by atoms with van der Waals surface area (Å²) >= 11 is 0. The van der Waals surface area contributed by atoms with Gasteiger partial charge in [0.25, 0.3) is 0 Å². The van der Waals surface area contributed by atoms with Crippen LogP contribution in [0.25, 0.3) is 56.5 Å². The van der Waals surface area contributed by atoms with Crippen molar-refractivity contribution in [3.63, 3.8) is 0 Å². The normalized spacial score (nSPS) is 13.9. The number of hydrogen-bond donors (Lipinski definition) is 0. The van der Waals surface area contributed by atoms with Gasteiger partial charge in [0, 0.05) is 41.8 Å². The highest BCUT2D eigenvalue weighted by atomic mass is 15.2. The smallest absolute Gasteiger partial charge is 0.164 e. The van der Waals surface area contributed by atoms with E-state index in [2.05, 4.69) is 132 Å². The van der Waals surface area contributed by atoms with Crippen molar-refractivity contribution < 1.29 is 0 Å². The molecular weight excluding hydrogens is 665 g/mol. The number of aromatic nitrogens is 7. The molecule has 0 spiro atoms. The first-order chi connectivity index (χ1) is 26.5. The fourth-order valence-electron chi connectivity index (χ4n) is 8.04. The van der Waals surface area contributed by atoms with Crippen LogP contribution in [0, 0.1) is 20.8 Å². The van der Waals surface area contributed by atoms with Crippen molar-refractivity contribution in [2.45, 2.75) is 33.2 Å². The zero-order valence-electron chi connectivity index (χ0n) is 30.2. The summed E-state index contributed by atoms with van der Waals surface area (Å²) in [4.78, 5) is 27.7. The molecule has 1 aliphatic rings. The molecule has 0 aliphatic carbocycles. The predicted molar refractivity (Wildman–Crippen MR) is 216 cm³/mol. The molecule has 4 aromatic carbocycles. The van der Waals surface area contributed by atoms with Crippen LogP contribution in [0.5, 0.6) is 0 Å². The number of imidazole rings is 2. The molecule has 6 heterocycles. The van der Waals surface area contributed by atoms with Gasteiger partial charge < -0.3 is 4.90 Å². The number of pyridine rings is 3. The number of hydrogen-bond acceptors (Lipinski definition) is 6. The van der Waals surface area contributed by atoms with E-state index in [4.69, 9.17) is 24.9 Å². The van der Waals surface area contributed by atoms with Crippen LogP contribution in [0.15, 0.2) is 146 Å². The summed E-state index contributed by atoms with van der Waals surface area (Å²) in [6, 6.07) is 44.4. The van der Waals surface area contributed by atoms with E-state index in [-0.39, 0.29) is 6.04 Å². The molecule has 260 valence electrons. The molecule has 10 rings (SSSR count). The average molecular weight is 701 g/mol. The Morgan fingerprint density at radius 3 is 1.52 bits per heavy atom. The molecule has 0 fully saturated rings. The lowest BCUT2D eigenvalue weighted by atomic mass is 9.96. The molecule has 0 saturated heterocycles. The first-order valence-corrected chi connectivity index (χ1v) is 18.3. The summed E-state index contributed by atoms with van der Waals surface area (Å²) in [5.41, 5.74) is 14.2. The summed E-state index contributed by atoms with van der Waals surface area (Å²) in [7, 11) is 0. The molecule has 0 bridgehead atoms. The first-order valence-electron chi connectivity index (χ1n) is 18.3. The summed E-state index contributed by atoms with van der Waals surface area (Å²) in [6.45, 7) is 6.44. The van der Waals surface area contributed by atoms with Gasteiger partial charge >= 0.3 is 0 Å². The third kappa shape index (κ3) is 5.10. The maximum absolute atomic E-state index is 5.31. The van der Waals surface area contributed by atoms with Crippen molar-refractivity contribution in [3.05, 3.63) is 174 Å². The molecule has 0 amide bonds. The average Bonchev–Trinajstić information content (AvgIpc) is 3.91. The molecule has 54 heavy (non-hydrogen) atoms. The summed E-state index contributed by atoms with van der Waals surface area (Å²) < 4.78 is 4.40. The zero-order valence-corrected chi connectivity index (χ0v) is 30.2. The second kappa shape index (κ2) is 12.6. The Labute approximate surface area is 313 Å². The van der Waals surface area contributed by atoms with Crippen molar-refractivity contribution in [2.75, 3.05) is 4.90 Å². The fraction of sp³-hybridized carbons (Fsp3) is 0.109. The Morgan fingerprint density at radius 1 is 0.500 bits per heavy atom. The Balaban J connectivity index is 1.28. The number of fused-ring (bicyclic) bond motifs is 3. The van der Waals surface area contributed by atoms with Crippen molar-refractivity contribution in [3.8, 4) is 34.2 Å². The second-order valence-corrected chi connectivity index (χ2v) is 14.0. The minimum atomic E-state index is -0.0430. The van der Waals surface area contributed by atoms with Gasteiger partial charge in [-0.3, -0.25) is 9.13 Å². The van der Waals surface area contributed by atoms with Gasteiger partial charge in [-0.1, -0.05) is 60.7 Å². The second-order valence-electron chi connectivity index (χ2n) is 14.0. The van der Waals surface area contributed by atoms with E-state index in [1.807, 2.05) is 48.9 Å². The van der Waals surface area contributed by atoms with E-state index in [0.717, 1.165) is 91.1 Å².